The van der Waals surface area contributed by atoms with Crippen LogP contribution in [0.25, 0.3) is 0 Å². The van der Waals surface area contributed by atoms with Crippen molar-refractivity contribution in [3.63, 3.8) is 0 Å². The van der Waals surface area contributed by atoms with Crippen LogP contribution in [-0.4, -0.2) is 15.3 Å². The summed E-state index contributed by atoms with van der Waals surface area (Å²) in [7, 11) is 2.02. The molecule has 0 aliphatic heterocycles. The Morgan fingerprint density at radius 3 is 2.59 bits per heavy atom. The van der Waals surface area contributed by atoms with Crippen LogP contribution < -0.4 is 5.32 Å². The van der Waals surface area contributed by atoms with Gasteiger partial charge in [-0.1, -0.05) is 6.92 Å². The van der Waals surface area contributed by atoms with Crippen molar-refractivity contribution in [2.45, 2.75) is 52.1 Å². The van der Waals surface area contributed by atoms with Gasteiger partial charge in [0.25, 0.3) is 0 Å². The molecule has 0 aromatic carbocycles. The standard InChI is InChI=1S/C13H22BrN3/c1-5-10-12(14)11(17(4)16-10)8-15-13(2,3)9-6-7-9/h9,15H,5-8H2,1-4H3. The fraction of sp³-hybridized carbons (Fsp3) is 0.769. The predicted molar refractivity (Wildman–Crippen MR) is 73.9 cm³/mol. The molecule has 17 heavy (non-hydrogen) atoms. The first kappa shape index (κ1) is 13.1. The molecule has 3 nitrogen and oxygen atoms in total. The van der Waals surface area contributed by atoms with E-state index >= 15 is 0 Å². The molecule has 0 spiro atoms. The number of nitrogens with zero attached hydrogens (tertiary/aromatic N) is 2. The van der Waals surface area contributed by atoms with Gasteiger partial charge in [0, 0.05) is 19.1 Å². The molecule has 0 saturated heterocycles. The van der Waals surface area contributed by atoms with Crippen LogP contribution in [0.15, 0.2) is 4.47 Å². The highest BCUT2D eigenvalue weighted by atomic mass is 79.9. The van der Waals surface area contributed by atoms with Crippen LogP contribution in [-0.2, 0) is 20.0 Å². The van der Waals surface area contributed by atoms with E-state index in [-0.39, 0.29) is 5.54 Å². The smallest absolute Gasteiger partial charge is 0.0767 e. The van der Waals surface area contributed by atoms with Gasteiger partial charge >= 0.3 is 0 Å². The molecule has 0 unspecified atom stereocenters. The summed E-state index contributed by atoms with van der Waals surface area (Å²) in [5, 5.41) is 8.19. The molecular formula is C13H22BrN3. The highest BCUT2D eigenvalue weighted by Gasteiger charge is 2.37. The Morgan fingerprint density at radius 1 is 1.47 bits per heavy atom. The van der Waals surface area contributed by atoms with Gasteiger partial charge in [-0.15, -0.1) is 0 Å². The van der Waals surface area contributed by atoms with Crippen LogP contribution in [0.4, 0.5) is 0 Å². The summed E-state index contributed by atoms with van der Waals surface area (Å²) in [6.07, 6.45) is 3.71. The van der Waals surface area contributed by atoms with Gasteiger partial charge in [-0.05, 0) is 55.0 Å². The maximum Gasteiger partial charge on any atom is 0.0767 e. The number of nitrogens with one attached hydrogen (secondary N) is 1. The third kappa shape index (κ3) is 2.74. The monoisotopic (exact) mass is 299 g/mol. The maximum atomic E-state index is 4.52. The zero-order valence-electron chi connectivity index (χ0n) is 11.2. The van der Waals surface area contributed by atoms with E-state index in [2.05, 4.69) is 47.1 Å². The number of hydrogen-bond acceptors (Lipinski definition) is 2. The first-order chi connectivity index (χ1) is 7.95. The van der Waals surface area contributed by atoms with E-state index in [9.17, 15) is 0 Å². The highest BCUT2D eigenvalue weighted by Crippen LogP contribution is 2.39. The zero-order valence-corrected chi connectivity index (χ0v) is 12.8. The van der Waals surface area contributed by atoms with Gasteiger partial charge in [-0.2, -0.15) is 5.10 Å². The molecule has 1 aromatic heterocycles. The molecule has 96 valence electrons. The number of halogens is 1. The molecule has 1 aliphatic rings. The summed E-state index contributed by atoms with van der Waals surface area (Å²) >= 11 is 3.66. The molecule has 1 fully saturated rings. The normalized spacial score (nSPS) is 16.5. The van der Waals surface area contributed by atoms with E-state index in [1.165, 1.54) is 23.0 Å². The van der Waals surface area contributed by atoms with Gasteiger partial charge in [0.2, 0.25) is 0 Å². The lowest BCUT2D eigenvalue weighted by atomic mass is 9.99. The Kier molecular flexibility index (Phi) is 3.64. The summed E-state index contributed by atoms with van der Waals surface area (Å²) in [6, 6.07) is 0. The van der Waals surface area contributed by atoms with E-state index in [1.54, 1.807) is 0 Å². The minimum atomic E-state index is 0.246. The average Bonchev–Trinajstić information content (AvgIpc) is 3.06. The van der Waals surface area contributed by atoms with Crippen molar-refractivity contribution in [1.82, 2.24) is 15.1 Å². The summed E-state index contributed by atoms with van der Waals surface area (Å²) in [6.45, 7) is 7.62. The molecule has 1 aromatic rings. The largest absolute Gasteiger partial charge is 0.306 e. The molecule has 0 bridgehead atoms. The lowest BCUT2D eigenvalue weighted by Crippen LogP contribution is -2.41. The maximum absolute atomic E-state index is 4.52. The summed E-state index contributed by atoms with van der Waals surface area (Å²) in [4.78, 5) is 0. The number of aryl methyl sites for hydroxylation is 2. The van der Waals surface area contributed by atoms with Crippen LogP contribution in [0, 0.1) is 5.92 Å². The van der Waals surface area contributed by atoms with Crippen LogP contribution >= 0.6 is 15.9 Å². The Bertz CT molecular complexity index is 405. The Balaban J connectivity index is 2.05. The Morgan fingerprint density at radius 2 is 2.12 bits per heavy atom. The molecule has 0 amide bonds. The van der Waals surface area contributed by atoms with Crippen molar-refractivity contribution < 1.29 is 0 Å². The molecule has 1 heterocycles. The van der Waals surface area contributed by atoms with Crippen molar-refractivity contribution >= 4 is 15.9 Å². The molecule has 2 rings (SSSR count). The van der Waals surface area contributed by atoms with Crippen molar-refractivity contribution in [3.8, 4) is 0 Å². The lowest BCUT2D eigenvalue weighted by Gasteiger charge is -2.26. The molecular weight excluding hydrogens is 278 g/mol. The number of aromatic nitrogens is 2. The number of hydrogen-bond donors (Lipinski definition) is 1. The van der Waals surface area contributed by atoms with Gasteiger partial charge in [0.1, 0.15) is 0 Å². The first-order valence-electron chi connectivity index (χ1n) is 6.41. The highest BCUT2D eigenvalue weighted by molar-refractivity contribution is 9.10. The van der Waals surface area contributed by atoms with Crippen molar-refractivity contribution in [1.29, 1.82) is 0 Å². The van der Waals surface area contributed by atoms with Crippen LogP contribution in [0.3, 0.4) is 0 Å². The zero-order chi connectivity index (χ0) is 12.6. The molecule has 0 radical (unpaired) electrons. The van der Waals surface area contributed by atoms with Gasteiger partial charge < -0.3 is 5.32 Å². The van der Waals surface area contributed by atoms with E-state index in [0.717, 1.165) is 24.6 Å². The Hall–Kier alpha value is -0.350. The van der Waals surface area contributed by atoms with E-state index in [0.29, 0.717) is 0 Å². The SMILES string of the molecule is CCc1nn(C)c(CNC(C)(C)C2CC2)c1Br. The second-order valence-corrected chi connectivity index (χ2v) is 6.33. The van der Waals surface area contributed by atoms with Gasteiger partial charge in [0.05, 0.1) is 15.9 Å². The molecule has 1 aliphatic carbocycles. The van der Waals surface area contributed by atoms with Crippen molar-refractivity contribution in [2.75, 3.05) is 0 Å². The van der Waals surface area contributed by atoms with Crippen molar-refractivity contribution in [2.24, 2.45) is 13.0 Å². The van der Waals surface area contributed by atoms with E-state index < -0.39 is 0 Å². The second kappa shape index (κ2) is 4.73. The third-order valence-corrected chi connectivity index (χ3v) is 4.73. The summed E-state index contributed by atoms with van der Waals surface area (Å²) in [5.74, 6) is 0.847. The predicted octanol–water partition coefficient (Wildman–Crippen LogP) is 3.02. The second-order valence-electron chi connectivity index (χ2n) is 5.53. The summed E-state index contributed by atoms with van der Waals surface area (Å²) in [5.41, 5.74) is 2.64. The van der Waals surface area contributed by atoms with E-state index in [4.69, 9.17) is 0 Å². The fourth-order valence-corrected chi connectivity index (χ4v) is 3.03. The number of rotatable bonds is 5. The third-order valence-electron chi connectivity index (χ3n) is 3.81. The quantitative estimate of drug-likeness (QED) is 0.906. The van der Waals surface area contributed by atoms with E-state index in [1.807, 2.05) is 11.7 Å². The molecule has 1 saturated carbocycles. The van der Waals surface area contributed by atoms with Gasteiger partial charge in [0.15, 0.2) is 0 Å². The van der Waals surface area contributed by atoms with Crippen LogP contribution in [0.5, 0.6) is 0 Å². The average molecular weight is 300 g/mol. The lowest BCUT2D eigenvalue weighted by molar-refractivity contribution is 0.335. The minimum absolute atomic E-state index is 0.246. The minimum Gasteiger partial charge on any atom is -0.306 e. The van der Waals surface area contributed by atoms with Gasteiger partial charge in [-0.3, -0.25) is 4.68 Å². The molecule has 4 heteroatoms. The molecule has 0 atom stereocenters. The van der Waals surface area contributed by atoms with Crippen molar-refractivity contribution in [3.05, 3.63) is 15.9 Å². The first-order valence-corrected chi connectivity index (χ1v) is 7.20. The Labute approximate surface area is 112 Å². The van der Waals surface area contributed by atoms with Crippen LogP contribution in [0.2, 0.25) is 0 Å². The fourth-order valence-electron chi connectivity index (χ4n) is 2.27. The van der Waals surface area contributed by atoms with Gasteiger partial charge in [-0.25, -0.2) is 0 Å². The molecule has 1 N–H and O–H groups in total. The van der Waals surface area contributed by atoms with Crippen LogP contribution in [0.1, 0.15) is 45.0 Å². The topological polar surface area (TPSA) is 29.9 Å². The summed E-state index contributed by atoms with van der Waals surface area (Å²) < 4.78 is 3.15.